The van der Waals surface area contributed by atoms with E-state index in [1.54, 1.807) is 36.4 Å². The van der Waals surface area contributed by atoms with E-state index in [0.717, 1.165) is 5.56 Å². The number of carbonyl (C=O) groups excluding carboxylic acids is 1. The number of hydrogen-bond acceptors (Lipinski definition) is 5. The summed E-state index contributed by atoms with van der Waals surface area (Å²) in [6.45, 7) is 7.04. The number of amides is 1. The third-order valence-electron chi connectivity index (χ3n) is 4.88. The normalized spacial score (nSPS) is 15.5. The van der Waals surface area contributed by atoms with Crippen LogP contribution >= 0.6 is 0 Å². The van der Waals surface area contributed by atoms with Gasteiger partial charge in [-0.1, -0.05) is 24.8 Å². The smallest absolute Gasteiger partial charge is 0.255 e. The average Bonchev–Trinajstić information content (AvgIpc) is 2.73. The lowest BCUT2D eigenvalue weighted by Crippen LogP contribution is -2.47. The van der Waals surface area contributed by atoms with E-state index < -0.39 is 10.0 Å². The lowest BCUT2D eigenvalue weighted by molar-refractivity contribution is 0.102. The fourth-order valence-corrected chi connectivity index (χ4v) is 4.11. The molecule has 1 N–H and O–H groups in total. The Kier molecular flexibility index (Phi) is 7.25. The van der Waals surface area contributed by atoms with Crippen LogP contribution in [0, 0.1) is 0 Å². The molecular weight excluding hydrogens is 402 g/mol. The number of carbonyl (C=O) groups is 1. The Labute approximate surface area is 178 Å². The van der Waals surface area contributed by atoms with Crippen LogP contribution in [-0.2, 0) is 16.6 Å². The van der Waals surface area contributed by atoms with Crippen LogP contribution in [0.5, 0.6) is 5.75 Å². The van der Waals surface area contributed by atoms with E-state index >= 15 is 0 Å². The number of benzene rings is 2. The zero-order chi connectivity index (χ0) is 21.6. The minimum Gasteiger partial charge on any atom is -0.490 e. The maximum atomic E-state index is 12.6. The summed E-state index contributed by atoms with van der Waals surface area (Å²) in [5, 5.41) is 2.89. The lowest BCUT2D eigenvalue weighted by Gasteiger charge is -2.33. The van der Waals surface area contributed by atoms with Crippen LogP contribution in [0.15, 0.2) is 61.2 Å². The number of nitrogens with zero attached hydrogens (tertiary/aromatic N) is 2. The fourth-order valence-electron chi connectivity index (χ4n) is 3.28. The number of piperazine rings is 1. The summed E-state index contributed by atoms with van der Waals surface area (Å²) >= 11 is 0. The van der Waals surface area contributed by atoms with Gasteiger partial charge in [-0.2, -0.15) is 4.31 Å². The molecule has 0 spiro atoms. The SMILES string of the molecule is C=CCOc1ccc(NC(=O)c2cccc(CN3CCN(S(C)(=O)=O)CC3)c2)cc1. The number of ether oxygens (including phenoxy) is 1. The van der Waals surface area contributed by atoms with Gasteiger partial charge in [0.05, 0.1) is 6.26 Å². The van der Waals surface area contributed by atoms with Gasteiger partial charge in [-0.3, -0.25) is 9.69 Å². The van der Waals surface area contributed by atoms with Gasteiger partial charge in [-0.25, -0.2) is 8.42 Å². The predicted molar refractivity (Wildman–Crippen MR) is 118 cm³/mol. The quantitative estimate of drug-likeness (QED) is 0.653. The molecule has 8 heteroatoms. The number of nitrogens with one attached hydrogen (secondary N) is 1. The molecule has 30 heavy (non-hydrogen) atoms. The first-order chi connectivity index (χ1) is 14.3. The van der Waals surface area contributed by atoms with Gasteiger partial charge in [0.1, 0.15) is 12.4 Å². The average molecular weight is 430 g/mol. The Morgan fingerprint density at radius 3 is 2.47 bits per heavy atom. The molecule has 2 aromatic rings. The molecule has 1 aliphatic heterocycles. The van der Waals surface area contributed by atoms with Crippen LogP contribution in [-0.4, -0.2) is 62.6 Å². The molecule has 160 valence electrons. The number of anilines is 1. The van der Waals surface area contributed by atoms with Crippen molar-refractivity contribution in [1.82, 2.24) is 9.21 Å². The zero-order valence-corrected chi connectivity index (χ0v) is 17.9. The lowest BCUT2D eigenvalue weighted by atomic mass is 10.1. The molecule has 1 heterocycles. The topological polar surface area (TPSA) is 79.0 Å². The van der Waals surface area contributed by atoms with Gasteiger partial charge in [0.25, 0.3) is 5.91 Å². The van der Waals surface area contributed by atoms with Gasteiger partial charge < -0.3 is 10.1 Å². The summed E-state index contributed by atoms with van der Waals surface area (Å²) in [4.78, 5) is 14.8. The first-order valence-corrected chi connectivity index (χ1v) is 11.6. The summed E-state index contributed by atoms with van der Waals surface area (Å²) in [6.07, 6.45) is 2.92. The molecule has 0 atom stereocenters. The van der Waals surface area contributed by atoms with E-state index in [4.69, 9.17) is 4.74 Å². The van der Waals surface area contributed by atoms with Crippen molar-refractivity contribution in [3.05, 3.63) is 72.3 Å². The van der Waals surface area contributed by atoms with Crippen molar-refractivity contribution in [1.29, 1.82) is 0 Å². The van der Waals surface area contributed by atoms with Crippen LogP contribution in [0.3, 0.4) is 0 Å². The van der Waals surface area contributed by atoms with Crippen LogP contribution in [0.25, 0.3) is 0 Å². The molecule has 0 radical (unpaired) electrons. The van der Waals surface area contributed by atoms with Gasteiger partial charge in [0.15, 0.2) is 0 Å². The molecule has 0 bridgehead atoms. The minimum atomic E-state index is -3.14. The van der Waals surface area contributed by atoms with E-state index in [1.807, 2.05) is 18.2 Å². The van der Waals surface area contributed by atoms with Gasteiger partial charge in [0, 0.05) is 44.0 Å². The maximum Gasteiger partial charge on any atom is 0.255 e. The van der Waals surface area contributed by atoms with Crippen LogP contribution in [0.4, 0.5) is 5.69 Å². The first kappa shape index (κ1) is 22.0. The van der Waals surface area contributed by atoms with E-state index in [9.17, 15) is 13.2 Å². The molecule has 1 aliphatic rings. The van der Waals surface area contributed by atoms with Gasteiger partial charge >= 0.3 is 0 Å². The third-order valence-corrected chi connectivity index (χ3v) is 6.18. The molecule has 3 rings (SSSR count). The summed E-state index contributed by atoms with van der Waals surface area (Å²) in [7, 11) is -3.14. The number of rotatable bonds is 8. The predicted octanol–water partition coefficient (Wildman–Crippen LogP) is 2.58. The monoisotopic (exact) mass is 429 g/mol. The number of hydrogen-bond donors (Lipinski definition) is 1. The molecule has 0 unspecified atom stereocenters. The molecule has 1 fully saturated rings. The van der Waals surface area contributed by atoms with Crippen LogP contribution < -0.4 is 10.1 Å². The van der Waals surface area contributed by atoms with Crippen LogP contribution in [0.2, 0.25) is 0 Å². The van der Waals surface area contributed by atoms with Gasteiger partial charge in [-0.05, 0) is 42.0 Å². The number of sulfonamides is 1. The fraction of sp³-hybridized carbons (Fsp3) is 0.318. The minimum absolute atomic E-state index is 0.182. The highest BCUT2D eigenvalue weighted by Gasteiger charge is 2.23. The molecule has 7 nitrogen and oxygen atoms in total. The Bertz CT molecular complexity index is 982. The highest BCUT2D eigenvalue weighted by molar-refractivity contribution is 7.88. The van der Waals surface area contributed by atoms with Crippen molar-refractivity contribution in [2.75, 3.05) is 44.4 Å². The Morgan fingerprint density at radius 2 is 1.83 bits per heavy atom. The first-order valence-electron chi connectivity index (χ1n) is 9.77. The van der Waals surface area contributed by atoms with Crippen molar-refractivity contribution >= 4 is 21.6 Å². The molecule has 0 aliphatic carbocycles. The van der Waals surface area contributed by atoms with Crippen molar-refractivity contribution in [3.8, 4) is 5.75 Å². The molecular formula is C22H27N3O4S. The summed E-state index contributed by atoms with van der Waals surface area (Å²) in [6, 6.07) is 14.7. The molecule has 0 aromatic heterocycles. The highest BCUT2D eigenvalue weighted by atomic mass is 32.2. The van der Waals surface area contributed by atoms with E-state index in [2.05, 4.69) is 16.8 Å². The summed E-state index contributed by atoms with van der Waals surface area (Å²) in [5.41, 5.74) is 2.28. The van der Waals surface area contributed by atoms with Crippen molar-refractivity contribution in [2.45, 2.75) is 6.54 Å². The standard InChI is InChI=1S/C22H27N3O4S/c1-3-15-29-21-9-7-20(8-10-21)23-22(26)19-6-4-5-18(16-19)17-24-11-13-25(14-12-24)30(2,27)28/h3-10,16H,1,11-15,17H2,2H3,(H,23,26). The zero-order valence-electron chi connectivity index (χ0n) is 17.1. The molecule has 2 aromatic carbocycles. The maximum absolute atomic E-state index is 12.6. The van der Waals surface area contributed by atoms with Crippen LogP contribution in [0.1, 0.15) is 15.9 Å². The van der Waals surface area contributed by atoms with E-state index in [0.29, 0.717) is 56.3 Å². The van der Waals surface area contributed by atoms with Crippen molar-refractivity contribution in [3.63, 3.8) is 0 Å². The second-order valence-corrected chi connectivity index (χ2v) is 9.20. The van der Waals surface area contributed by atoms with Crippen molar-refractivity contribution < 1.29 is 17.9 Å². The molecule has 0 saturated carbocycles. The largest absolute Gasteiger partial charge is 0.490 e. The van der Waals surface area contributed by atoms with Gasteiger partial charge in [0.2, 0.25) is 10.0 Å². The van der Waals surface area contributed by atoms with E-state index in [-0.39, 0.29) is 5.91 Å². The Morgan fingerprint density at radius 1 is 1.13 bits per heavy atom. The third kappa shape index (κ3) is 6.16. The Hall–Kier alpha value is -2.68. The van der Waals surface area contributed by atoms with Gasteiger partial charge in [-0.15, -0.1) is 0 Å². The highest BCUT2D eigenvalue weighted by Crippen LogP contribution is 2.17. The molecule has 1 amide bonds. The second-order valence-electron chi connectivity index (χ2n) is 7.22. The molecule has 1 saturated heterocycles. The van der Waals surface area contributed by atoms with Crippen molar-refractivity contribution in [2.24, 2.45) is 0 Å². The van der Waals surface area contributed by atoms with E-state index in [1.165, 1.54) is 10.6 Å². The summed E-state index contributed by atoms with van der Waals surface area (Å²) in [5.74, 6) is 0.532. The Balaban J connectivity index is 1.57. The summed E-state index contributed by atoms with van der Waals surface area (Å²) < 4.78 is 30.2. The second kappa shape index (κ2) is 9.88.